The second kappa shape index (κ2) is 11.6. The van der Waals surface area contributed by atoms with Crippen LogP contribution in [0.15, 0.2) is 109 Å². The maximum Gasteiger partial charge on any atom is 0.257 e. The summed E-state index contributed by atoms with van der Waals surface area (Å²) in [5, 5.41) is 9.30. The van der Waals surface area contributed by atoms with Gasteiger partial charge in [0, 0.05) is 29.0 Å². The molecule has 0 saturated carbocycles. The lowest BCUT2D eigenvalue weighted by atomic mass is 10.2. The number of anilines is 3. The second-order valence-electron chi connectivity index (χ2n) is 7.59. The van der Waals surface area contributed by atoms with E-state index in [-0.39, 0.29) is 11.0 Å². The Bertz CT molecular complexity index is 1210. The normalized spacial score (nSPS) is 10.2. The van der Waals surface area contributed by atoms with E-state index < -0.39 is 0 Å². The molecule has 0 atom stereocenters. The molecule has 170 valence electrons. The van der Waals surface area contributed by atoms with Crippen molar-refractivity contribution in [2.45, 2.75) is 6.42 Å². The Balaban J connectivity index is 1.23. The number of ether oxygens (including phenoxy) is 1. The fourth-order valence-corrected chi connectivity index (χ4v) is 3.51. The van der Waals surface area contributed by atoms with Crippen molar-refractivity contribution in [3.63, 3.8) is 0 Å². The highest BCUT2D eigenvalue weighted by molar-refractivity contribution is 7.80. The molecular weight excluding hydrogens is 442 g/mol. The van der Waals surface area contributed by atoms with Crippen molar-refractivity contribution in [1.82, 2.24) is 5.32 Å². The summed E-state index contributed by atoms with van der Waals surface area (Å²) in [5.41, 5.74) is 4.48. The first-order valence-electron chi connectivity index (χ1n) is 11.0. The molecule has 0 spiro atoms. The molecule has 0 fully saturated rings. The standard InChI is InChI=1S/C28H25N3O2S/c32-27(22-11-17-26(18-12-22)33-20-19-21-7-3-1-4-8-21)31-28(34)30-25-15-13-24(14-16-25)29-23-9-5-2-6-10-23/h1-18,29H,19-20H2,(H2,30,31,32,34). The van der Waals surface area contributed by atoms with E-state index >= 15 is 0 Å². The number of nitrogens with one attached hydrogen (secondary N) is 3. The van der Waals surface area contributed by atoms with Gasteiger partial charge in [0.2, 0.25) is 0 Å². The molecule has 0 bridgehead atoms. The molecule has 0 heterocycles. The topological polar surface area (TPSA) is 62.4 Å². The van der Waals surface area contributed by atoms with E-state index in [4.69, 9.17) is 17.0 Å². The number of amides is 1. The number of rotatable bonds is 8. The predicted octanol–water partition coefficient (Wildman–Crippen LogP) is 6.18. The van der Waals surface area contributed by atoms with Crippen LogP contribution in [0.3, 0.4) is 0 Å². The van der Waals surface area contributed by atoms with Crippen LogP contribution in [-0.2, 0) is 6.42 Å². The Hall–Kier alpha value is -4.16. The van der Waals surface area contributed by atoms with Crippen molar-refractivity contribution >= 4 is 40.3 Å². The molecule has 0 aliphatic heterocycles. The van der Waals surface area contributed by atoms with E-state index in [9.17, 15) is 4.79 Å². The van der Waals surface area contributed by atoms with E-state index in [1.807, 2.05) is 72.8 Å². The van der Waals surface area contributed by atoms with Crippen LogP contribution >= 0.6 is 12.2 Å². The number of thiocarbonyl (C=S) groups is 1. The third-order valence-corrected chi connectivity index (χ3v) is 5.26. The molecular formula is C28H25N3O2S. The van der Waals surface area contributed by atoms with Gasteiger partial charge in [-0.15, -0.1) is 0 Å². The van der Waals surface area contributed by atoms with Crippen LogP contribution in [0.1, 0.15) is 15.9 Å². The molecule has 1 amide bonds. The number of hydrogen-bond acceptors (Lipinski definition) is 4. The fourth-order valence-electron chi connectivity index (χ4n) is 3.30. The minimum Gasteiger partial charge on any atom is -0.493 e. The lowest BCUT2D eigenvalue weighted by Gasteiger charge is -2.11. The molecule has 0 saturated heterocycles. The summed E-state index contributed by atoms with van der Waals surface area (Å²) in [4.78, 5) is 12.5. The highest BCUT2D eigenvalue weighted by Gasteiger charge is 2.08. The van der Waals surface area contributed by atoms with Gasteiger partial charge in [-0.2, -0.15) is 0 Å². The number of carbonyl (C=O) groups excluding carboxylic acids is 1. The van der Waals surface area contributed by atoms with Gasteiger partial charge in [0.25, 0.3) is 5.91 Å². The maximum absolute atomic E-state index is 12.5. The van der Waals surface area contributed by atoms with Crippen LogP contribution < -0.4 is 20.7 Å². The molecule has 4 aromatic carbocycles. The van der Waals surface area contributed by atoms with Gasteiger partial charge < -0.3 is 15.4 Å². The lowest BCUT2D eigenvalue weighted by Crippen LogP contribution is -2.34. The molecule has 0 aliphatic rings. The highest BCUT2D eigenvalue weighted by atomic mass is 32.1. The van der Waals surface area contributed by atoms with Gasteiger partial charge in [-0.3, -0.25) is 10.1 Å². The van der Waals surface area contributed by atoms with Crippen LogP contribution in [0, 0.1) is 0 Å². The van der Waals surface area contributed by atoms with Crippen molar-refractivity contribution in [3.05, 3.63) is 120 Å². The summed E-state index contributed by atoms with van der Waals surface area (Å²) in [5.74, 6) is 0.438. The number of hydrogen-bond donors (Lipinski definition) is 3. The molecule has 4 rings (SSSR count). The van der Waals surface area contributed by atoms with Crippen LogP contribution in [0.2, 0.25) is 0 Å². The summed E-state index contributed by atoms with van der Waals surface area (Å²) < 4.78 is 5.78. The molecule has 6 heteroatoms. The van der Waals surface area contributed by atoms with Crippen LogP contribution in [0.4, 0.5) is 17.1 Å². The summed E-state index contributed by atoms with van der Waals surface area (Å²) in [6, 6.07) is 34.8. The average Bonchev–Trinajstić information content (AvgIpc) is 2.87. The van der Waals surface area contributed by atoms with Crippen molar-refractivity contribution in [2.75, 3.05) is 17.2 Å². The Kier molecular flexibility index (Phi) is 7.87. The predicted molar refractivity (Wildman–Crippen MR) is 142 cm³/mol. The minimum absolute atomic E-state index is 0.233. The molecule has 34 heavy (non-hydrogen) atoms. The quantitative estimate of drug-likeness (QED) is 0.270. The summed E-state index contributed by atoms with van der Waals surface area (Å²) in [7, 11) is 0. The van der Waals surface area contributed by atoms with Crippen molar-refractivity contribution in [2.24, 2.45) is 0 Å². The SMILES string of the molecule is O=C(NC(=S)Nc1ccc(Nc2ccccc2)cc1)c1ccc(OCCc2ccccc2)cc1. The van der Waals surface area contributed by atoms with E-state index in [1.54, 1.807) is 24.3 Å². The van der Waals surface area contributed by atoms with E-state index in [2.05, 4.69) is 28.1 Å². The highest BCUT2D eigenvalue weighted by Crippen LogP contribution is 2.19. The van der Waals surface area contributed by atoms with Crippen LogP contribution in [0.5, 0.6) is 5.75 Å². The average molecular weight is 468 g/mol. The summed E-state index contributed by atoms with van der Waals surface area (Å²) in [6.45, 7) is 0.573. The molecule has 5 nitrogen and oxygen atoms in total. The molecule has 0 radical (unpaired) electrons. The summed E-state index contributed by atoms with van der Waals surface area (Å²) in [6.07, 6.45) is 0.826. The zero-order valence-electron chi connectivity index (χ0n) is 18.5. The third kappa shape index (κ3) is 6.92. The van der Waals surface area contributed by atoms with E-state index in [0.29, 0.717) is 12.2 Å². The zero-order valence-corrected chi connectivity index (χ0v) is 19.3. The molecule has 3 N–H and O–H groups in total. The van der Waals surface area contributed by atoms with Gasteiger partial charge in [0.15, 0.2) is 5.11 Å². The Morgan fingerprint density at radius 3 is 1.97 bits per heavy atom. The largest absolute Gasteiger partial charge is 0.493 e. The number of para-hydroxylation sites is 1. The minimum atomic E-state index is -0.282. The van der Waals surface area contributed by atoms with Gasteiger partial charge in [0.1, 0.15) is 5.75 Å². The van der Waals surface area contributed by atoms with Crippen molar-refractivity contribution in [3.8, 4) is 5.75 Å². The Morgan fingerprint density at radius 2 is 1.29 bits per heavy atom. The van der Waals surface area contributed by atoms with Gasteiger partial charge in [-0.25, -0.2) is 0 Å². The van der Waals surface area contributed by atoms with Gasteiger partial charge in [-0.05, 0) is 78.4 Å². The monoisotopic (exact) mass is 467 g/mol. The van der Waals surface area contributed by atoms with Gasteiger partial charge >= 0.3 is 0 Å². The molecule has 0 aliphatic carbocycles. The lowest BCUT2D eigenvalue weighted by molar-refractivity contribution is 0.0977. The first-order chi connectivity index (χ1) is 16.7. The van der Waals surface area contributed by atoms with E-state index in [0.717, 1.165) is 29.2 Å². The second-order valence-corrected chi connectivity index (χ2v) is 7.99. The first-order valence-corrected chi connectivity index (χ1v) is 11.4. The Morgan fingerprint density at radius 1 is 0.706 bits per heavy atom. The van der Waals surface area contributed by atoms with Crippen molar-refractivity contribution in [1.29, 1.82) is 0 Å². The first kappa shape index (κ1) is 23.0. The Labute approximate surface area is 204 Å². The molecule has 0 unspecified atom stereocenters. The van der Waals surface area contributed by atoms with E-state index in [1.165, 1.54) is 5.56 Å². The number of carbonyl (C=O) groups is 1. The third-order valence-electron chi connectivity index (χ3n) is 5.05. The molecule has 0 aromatic heterocycles. The van der Waals surface area contributed by atoms with Gasteiger partial charge in [-0.1, -0.05) is 48.5 Å². The fraction of sp³-hybridized carbons (Fsp3) is 0.0714. The number of benzene rings is 4. The zero-order chi connectivity index (χ0) is 23.6. The van der Waals surface area contributed by atoms with Gasteiger partial charge in [0.05, 0.1) is 6.61 Å². The smallest absolute Gasteiger partial charge is 0.257 e. The van der Waals surface area contributed by atoms with Crippen LogP contribution in [0.25, 0.3) is 0 Å². The van der Waals surface area contributed by atoms with Crippen LogP contribution in [-0.4, -0.2) is 17.6 Å². The summed E-state index contributed by atoms with van der Waals surface area (Å²) >= 11 is 5.30. The molecule has 4 aromatic rings. The maximum atomic E-state index is 12.5. The van der Waals surface area contributed by atoms with Crippen molar-refractivity contribution < 1.29 is 9.53 Å².